The minimum absolute atomic E-state index is 0.251. The molecule has 0 amide bonds. The van der Waals surface area contributed by atoms with Gasteiger partial charge >= 0.3 is 0 Å². The van der Waals surface area contributed by atoms with Gasteiger partial charge in [0.2, 0.25) is 0 Å². The number of hydrogen-bond donors (Lipinski definition) is 2. The van der Waals surface area contributed by atoms with Crippen LogP contribution in [0.25, 0.3) is 10.4 Å². The highest BCUT2D eigenvalue weighted by molar-refractivity contribution is 7.80. The third kappa shape index (κ3) is 7.49. The van der Waals surface area contributed by atoms with Gasteiger partial charge in [-0.1, -0.05) is 63.2 Å². The maximum atomic E-state index is 11.4. The van der Waals surface area contributed by atoms with Gasteiger partial charge < -0.3 is 15.1 Å². The van der Waals surface area contributed by atoms with Crippen molar-refractivity contribution in [3.05, 3.63) is 69.0 Å². The van der Waals surface area contributed by atoms with Crippen molar-refractivity contribution >= 4 is 32.9 Å². The summed E-state index contributed by atoms with van der Waals surface area (Å²) >= 11 is 5.42. The predicted molar refractivity (Wildman–Crippen MR) is 161 cm³/mol. The largest absolute Gasteiger partial charge is 0.507 e. The Kier molecular flexibility index (Phi) is 9.96. The van der Waals surface area contributed by atoms with Crippen LogP contribution in [0.3, 0.4) is 0 Å². The quantitative estimate of drug-likeness (QED) is 0.270. The molecule has 0 unspecified atom stereocenters. The van der Waals surface area contributed by atoms with Crippen molar-refractivity contribution in [1.82, 2.24) is 19.6 Å². The fourth-order valence-corrected chi connectivity index (χ4v) is 7.79. The van der Waals surface area contributed by atoms with Gasteiger partial charge in [0.05, 0.1) is 0 Å². The molecule has 0 aliphatic carbocycles. The van der Waals surface area contributed by atoms with E-state index in [4.69, 9.17) is 17.3 Å². The molecule has 6 nitrogen and oxygen atoms in total. The lowest BCUT2D eigenvalue weighted by Crippen LogP contribution is -2.46. The number of aromatic hydroxyl groups is 1. The summed E-state index contributed by atoms with van der Waals surface area (Å²) in [5.74, 6) is 0.446. The highest BCUT2D eigenvalue weighted by atomic mass is 32.9. The first-order valence-corrected chi connectivity index (χ1v) is 16.1. The maximum Gasteiger partial charge on any atom is 0.124 e. The number of phenols is 1. The van der Waals surface area contributed by atoms with Crippen LogP contribution in [0.1, 0.15) is 23.1 Å². The second-order valence-electron chi connectivity index (χ2n) is 10.4. The third-order valence-electron chi connectivity index (χ3n) is 7.61. The molecule has 38 heavy (non-hydrogen) atoms. The Bertz CT molecular complexity index is 1220. The number of nitrogens with zero attached hydrogens (tertiary/aromatic N) is 4. The number of benzene rings is 2. The Morgan fingerprint density at radius 1 is 0.711 bits per heavy atom. The first-order chi connectivity index (χ1) is 18.6. The fourth-order valence-electron chi connectivity index (χ4n) is 5.41. The van der Waals surface area contributed by atoms with E-state index in [0.29, 0.717) is 5.75 Å². The second kappa shape index (κ2) is 13.6. The molecule has 0 bridgehead atoms. The summed E-state index contributed by atoms with van der Waals surface area (Å²) in [7, 11) is 3.36. The molecule has 2 aliphatic rings. The molecule has 3 heterocycles. The van der Waals surface area contributed by atoms with Gasteiger partial charge in [0.15, 0.2) is 0 Å². The lowest BCUT2D eigenvalue weighted by molar-refractivity contribution is 0.118. The van der Waals surface area contributed by atoms with Crippen LogP contribution in [-0.4, -0.2) is 95.3 Å². The Balaban J connectivity index is 1.27. The van der Waals surface area contributed by atoms with Gasteiger partial charge in [0.25, 0.3) is 0 Å². The van der Waals surface area contributed by atoms with Crippen molar-refractivity contribution < 1.29 is 10.2 Å². The van der Waals surface area contributed by atoms with Crippen molar-refractivity contribution in [2.45, 2.75) is 26.1 Å². The summed E-state index contributed by atoms with van der Waals surface area (Å²) in [6.07, 6.45) is 0.833. The molecule has 0 saturated carbocycles. The van der Waals surface area contributed by atoms with Crippen LogP contribution in [0, 0.1) is 3.82 Å². The van der Waals surface area contributed by atoms with Crippen LogP contribution in [0.2, 0.25) is 0 Å². The number of aliphatic hydroxyl groups is 1. The van der Waals surface area contributed by atoms with Crippen LogP contribution in [-0.2, 0) is 19.6 Å². The zero-order valence-electron chi connectivity index (χ0n) is 21.9. The van der Waals surface area contributed by atoms with E-state index in [1.165, 1.54) is 10.4 Å². The van der Waals surface area contributed by atoms with Crippen molar-refractivity contribution in [2.24, 2.45) is 0 Å². The van der Waals surface area contributed by atoms with Crippen LogP contribution in [0.4, 0.5) is 0 Å². The number of hydrogen-bond acceptors (Lipinski definition) is 9. The minimum Gasteiger partial charge on any atom is -0.507 e. The van der Waals surface area contributed by atoms with Gasteiger partial charge in [-0.15, -0.1) is 0 Å². The van der Waals surface area contributed by atoms with Gasteiger partial charge in [-0.3, -0.25) is 14.7 Å². The molecule has 1 aromatic heterocycles. The van der Waals surface area contributed by atoms with Gasteiger partial charge in [-0.25, -0.2) is 0 Å². The van der Waals surface area contributed by atoms with Crippen LogP contribution in [0.15, 0.2) is 48.5 Å². The smallest absolute Gasteiger partial charge is 0.124 e. The number of aliphatic hydroxyl groups excluding tert-OH is 1. The molecular weight excluding hydrogens is 533 g/mol. The average molecular weight is 571 g/mol. The summed E-state index contributed by atoms with van der Waals surface area (Å²) in [6.45, 7) is 11.8. The summed E-state index contributed by atoms with van der Waals surface area (Å²) in [5, 5.41) is 20.6. The molecule has 2 saturated heterocycles. The SMILES string of the molecule is OCCCN1CCN(Cc2cc(-c3cc(=S)ss3)cc(CN3CCN(Cc4ccccc4)CC3)c2O)CC1. The van der Waals surface area contributed by atoms with Crippen LogP contribution >= 0.6 is 32.9 Å². The average Bonchev–Trinajstić information content (AvgIpc) is 3.38. The molecule has 0 radical (unpaired) electrons. The summed E-state index contributed by atoms with van der Waals surface area (Å²) in [4.78, 5) is 11.0. The van der Waals surface area contributed by atoms with Gasteiger partial charge in [0, 0.05) is 101 Å². The Hall–Kier alpha value is -1.69. The number of piperazine rings is 2. The summed E-state index contributed by atoms with van der Waals surface area (Å²) < 4.78 is 0.912. The standard InChI is InChI=1S/C29H38N4O2S3/c34-16-4-7-30-8-10-32(11-9-30)21-25-17-24(27-19-28(36)38-37-27)18-26(29(25)35)22-33-14-12-31(13-15-33)20-23-5-2-1-3-6-23/h1-3,5-6,17-19,34-35H,4,7-16,20-22H2. The Labute approximate surface area is 238 Å². The summed E-state index contributed by atoms with van der Waals surface area (Å²) in [5.41, 5.74) is 4.55. The van der Waals surface area contributed by atoms with Crippen molar-refractivity contribution in [3.8, 4) is 16.2 Å². The predicted octanol–water partition coefficient (Wildman–Crippen LogP) is 4.73. The van der Waals surface area contributed by atoms with E-state index in [1.54, 1.807) is 20.7 Å². The van der Waals surface area contributed by atoms with E-state index >= 15 is 0 Å². The van der Waals surface area contributed by atoms with Crippen LogP contribution in [0.5, 0.6) is 5.75 Å². The van der Waals surface area contributed by atoms with Crippen LogP contribution < -0.4 is 0 Å². The van der Waals surface area contributed by atoms with E-state index < -0.39 is 0 Å². The summed E-state index contributed by atoms with van der Waals surface area (Å²) in [6, 6.07) is 17.1. The van der Waals surface area contributed by atoms with E-state index in [2.05, 4.69) is 68.1 Å². The molecule has 0 spiro atoms. The molecule has 9 heteroatoms. The number of rotatable bonds is 10. The Morgan fingerprint density at radius 3 is 1.79 bits per heavy atom. The maximum absolute atomic E-state index is 11.4. The van der Waals surface area contributed by atoms with E-state index in [1.807, 2.05) is 0 Å². The van der Waals surface area contributed by atoms with Crippen molar-refractivity contribution in [2.75, 3.05) is 65.5 Å². The zero-order valence-corrected chi connectivity index (χ0v) is 24.4. The molecular formula is C29H38N4O2S3. The number of phenolic OH excluding ortho intramolecular Hbond substituents is 1. The van der Waals surface area contributed by atoms with E-state index in [-0.39, 0.29) is 6.61 Å². The lowest BCUT2D eigenvalue weighted by atomic mass is 10.0. The van der Waals surface area contributed by atoms with Gasteiger partial charge in [-0.05, 0) is 35.7 Å². The molecule has 2 N–H and O–H groups in total. The molecule has 204 valence electrons. The highest BCUT2D eigenvalue weighted by Crippen LogP contribution is 2.36. The fraction of sp³-hybridized carbons (Fsp3) is 0.483. The monoisotopic (exact) mass is 570 g/mol. The first kappa shape index (κ1) is 27.9. The zero-order chi connectivity index (χ0) is 26.3. The van der Waals surface area contributed by atoms with Gasteiger partial charge in [-0.2, -0.15) is 0 Å². The first-order valence-electron chi connectivity index (χ1n) is 13.6. The van der Waals surface area contributed by atoms with Gasteiger partial charge in [0.1, 0.15) is 9.57 Å². The Morgan fingerprint density at radius 2 is 1.26 bits per heavy atom. The van der Waals surface area contributed by atoms with Crippen molar-refractivity contribution in [3.63, 3.8) is 0 Å². The minimum atomic E-state index is 0.251. The lowest BCUT2D eigenvalue weighted by Gasteiger charge is -2.36. The second-order valence-corrected chi connectivity index (χ2v) is 13.3. The molecule has 2 aromatic carbocycles. The molecule has 5 rings (SSSR count). The molecule has 0 atom stereocenters. The molecule has 2 aliphatic heterocycles. The van der Waals surface area contributed by atoms with E-state index in [0.717, 1.165) is 105 Å². The van der Waals surface area contributed by atoms with E-state index in [9.17, 15) is 5.11 Å². The highest BCUT2D eigenvalue weighted by Gasteiger charge is 2.22. The molecule has 2 fully saturated rings. The normalized spacial score (nSPS) is 18.2. The van der Waals surface area contributed by atoms with Crippen molar-refractivity contribution in [1.29, 1.82) is 0 Å². The third-order valence-corrected chi connectivity index (χ3v) is 10.5. The molecule has 3 aromatic rings. The topological polar surface area (TPSA) is 53.4 Å².